The van der Waals surface area contributed by atoms with Crippen LogP contribution in [0.25, 0.3) is 0 Å². The smallest absolute Gasteiger partial charge is 0.219 e. The number of hydrogen-bond donors (Lipinski definition) is 1. The Hall–Kier alpha value is -1.32. The van der Waals surface area contributed by atoms with E-state index in [1.807, 2.05) is 17.3 Å². The summed E-state index contributed by atoms with van der Waals surface area (Å²) in [6, 6.07) is 0. The van der Waals surface area contributed by atoms with E-state index in [1.165, 1.54) is 0 Å². The molecule has 0 spiro atoms. The minimum atomic E-state index is 0. The third-order valence-corrected chi connectivity index (χ3v) is 4.09. The number of nitrogens with zero attached hydrogens (tertiary/aromatic N) is 5. The molecule has 1 aliphatic heterocycles. The molecule has 1 amide bonds. The average molecular weight is 462 g/mol. The molecule has 0 aromatic carbocycles. The highest BCUT2D eigenvalue weighted by atomic mass is 127. The molecule has 0 atom stereocenters. The molecule has 1 saturated heterocycles. The maximum Gasteiger partial charge on any atom is 0.219 e. The van der Waals surface area contributed by atoms with Crippen LogP contribution >= 0.6 is 24.0 Å². The zero-order chi connectivity index (χ0) is 17.5. The Kier molecular flexibility index (Phi) is 9.23. The fourth-order valence-corrected chi connectivity index (χ4v) is 2.86. The molecule has 7 nitrogen and oxygen atoms in total. The van der Waals surface area contributed by atoms with Gasteiger partial charge in [0.2, 0.25) is 5.91 Å². The molecule has 25 heavy (non-hydrogen) atoms. The Balaban J connectivity index is 0.00000312. The van der Waals surface area contributed by atoms with Crippen molar-refractivity contribution in [2.75, 3.05) is 32.7 Å². The lowest BCUT2D eigenvalue weighted by molar-refractivity contribution is -0.130. The Bertz CT molecular complexity index is 563. The number of piperazine rings is 1. The van der Waals surface area contributed by atoms with Crippen LogP contribution in [0.1, 0.15) is 33.5 Å². The fourth-order valence-electron chi connectivity index (χ4n) is 2.86. The molecular formula is C17H31IN6O. The third-order valence-electron chi connectivity index (χ3n) is 4.09. The van der Waals surface area contributed by atoms with Crippen molar-refractivity contribution in [1.29, 1.82) is 0 Å². The SMILES string of the molecule is CCNC(=NCc1nccn1CC(C)C)N1CCN(C(C)=O)CC1.I. The summed E-state index contributed by atoms with van der Waals surface area (Å²) in [4.78, 5) is 24.8. The van der Waals surface area contributed by atoms with E-state index in [2.05, 4.69) is 40.5 Å². The molecule has 0 radical (unpaired) electrons. The molecule has 1 aromatic rings. The van der Waals surface area contributed by atoms with Gasteiger partial charge < -0.3 is 19.7 Å². The second-order valence-corrected chi connectivity index (χ2v) is 6.55. The molecule has 1 fully saturated rings. The first-order valence-corrected chi connectivity index (χ1v) is 8.80. The van der Waals surface area contributed by atoms with Gasteiger partial charge in [-0.1, -0.05) is 13.8 Å². The van der Waals surface area contributed by atoms with Crippen molar-refractivity contribution < 1.29 is 4.79 Å². The van der Waals surface area contributed by atoms with E-state index < -0.39 is 0 Å². The highest BCUT2D eigenvalue weighted by molar-refractivity contribution is 14.0. The second kappa shape index (κ2) is 10.6. The van der Waals surface area contributed by atoms with E-state index in [4.69, 9.17) is 4.99 Å². The van der Waals surface area contributed by atoms with Crippen molar-refractivity contribution in [3.8, 4) is 0 Å². The molecule has 1 aromatic heterocycles. The molecule has 0 saturated carbocycles. The predicted molar refractivity (Wildman–Crippen MR) is 111 cm³/mol. The van der Waals surface area contributed by atoms with Gasteiger partial charge in [-0.05, 0) is 12.8 Å². The zero-order valence-electron chi connectivity index (χ0n) is 15.7. The summed E-state index contributed by atoms with van der Waals surface area (Å²) in [5.74, 6) is 2.61. The van der Waals surface area contributed by atoms with Gasteiger partial charge in [0.25, 0.3) is 0 Å². The monoisotopic (exact) mass is 462 g/mol. The van der Waals surface area contributed by atoms with Gasteiger partial charge in [0, 0.05) is 58.6 Å². The molecule has 1 aliphatic rings. The fraction of sp³-hybridized carbons (Fsp3) is 0.706. The van der Waals surface area contributed by atoms with Crippen LogP contribution in [-0.4, -0.2) is 63.9 Å². The maximum atomic E-state index is 11.5. The number of guanidine groups is 1. The zero-order valence-corrected chi connectivity index (χ0v) is 18.1. The van der Waals surface area contributed by atoms with Gasteiger partial charge in [-0.15, -0.1) is 24.0 Å². The van der Waals surface area contributed by atoms with Gasteiger partial charge in [0.1, 0.15) is 12.4 Å². The maximum absolute atomic E-state index is 11.5. The van der Waals surface area contributed by atoms with Crippen LogP contribution < -0.4 is 5.32 Å². The Morgan fingerprint density at radius 2 is 1.92 bits per heavy atom. The van der Waals surface area contributed by atoms with Gasteiger partial charge >= 0.3 is 0 Å². The highest BCUT2D eigenvalue weighted by Gasteiger charge is 2.20. The Labute approximate surface area is 167 Å². The minimum Gasteiger partial charge on any atom is -0.357 e. The van der Waals surface area contributed by atoms with E-state index in [1.54, 1.807) is 6.92 Å². The van der Waals surface area contributed by atoms with Crippen LogP contribution in [0.2, 0.25) is 0 Å². The van der Waals surface area contributed by atoms with Crippen molar-refractivity contribution in [1.82, 2.24) is 24.7 Å². The molecule has 8 heteroatoms. The number of hydrogen-bond acceptors (Lipinski definition) is 3. The van der Waals surface area contributed by atoms with Crippen molar-refractivity contribution in [3.05, 3.63) is 18.2 Å². The van der Waals surface area contributed by atoms with Crippen molar-refractivity contribution in [2.45, 2.75) is 40.8 Å². The lowest BCUT2D eigenvalue weighted by Gasteiger charge is -2.36. The van der Waals surface area contributed by atoms with Crippen molar-refractivity contribution in [2.24, 2.45) is 10.9 Å². The summed E-state index contributed by atoms with van der Waals surface area (Å²) < 4.78 is 2.17. The van der Waals surface area contributed by atoms with Crippen LogP contribution in [0.4, 0.5) is 0 Å². The van der Waals surface area contributed by atoms with Crippen LogP contribution in [0.3, 0.4) is 0 Å². The third kappa shape index (κ3) is 6.48. The van der Waals surface area contributed by atoms with E-state index in [0.29, 0.717) is 12.5 Å². The van der Waals surface area contributed by atoms with Gasteiger partial charge in [0.15, 0.2) is 5.96 Å². The summed E-state index contributed by atoms with van der Waals surface area (Å²) in [5, 5.41) is 3.35. The van der Waals surface area contributed by atoms with Gasteiger partial charge in [-0.25, -0.2) is 9.98 Å². The number of carbonyl (C=O) groups is 1. The summed E-state index contributed by atoms with van der Waals surface area (Å²) >= 11 is 0. The number of carbonyl (C=O) groups excluding carboxylic acids is 1. The van der Waals surface area contributed by atoms with Crippen molar-refractivity contribution in [3.63, 3.8) is 0 Å². The number of rotatable bonds is 5. The van der Waals surface area contributed by atoms with E-state index in [0.717, 1.165) is 51.1 Å². The number of aromatic nitrogens is 2. The van der Waals surface area contributed by atoms with Crippen LogP contribution in [-0.2, 0) is 17.9 Å². The first-order chi connectivity index (χ1) is 11.5. The molecular weight excluding hydrogens is 431 g/mol. The lowest BCUT2D eigenvalue weighted by Crippen LogP contribution is -2.53. The van der Waals surface area contributed by atoms with Crippen molar-refractivity contribution >= 4 is 35.8 Å². The summed E-state index contributed by atoms with van der Waals surface area (Å²) in [7, 11) is 0. The average Bonchev–Trinajstić information content (AvgIpc) is 2.98. The minimum absolute atomic E-state index is 0. The standard InChI is InChI=1S/C17H30N6O.HI/c1-5-18-17(22-10-8-21(9-11-22)15(4)24)20-12-16-19-6-7-23(16)13-14(2)3;/h6-7,14H,5,8-13H2,1-4H3,(H,18,20);1H. The predicted octanol–water partition coefficient (Wildman–Crippen LogP) is 1.79. The van der Waals surface area contributed by atoms with E-state index in [9.17, 15) is 4.79 Å². The van der Waals surface area contributed by atoms with Crippen LogP contribution in [0, 0.1) is 5.92 Å². The summed E-state index contributed by atoms with van der Waals surface area (Å²) in [6.45, 7) is 13.6. The molecule has 0 unspecified atom stereocenters. The number of aliphatic imine (C=N–C) groups is 1. The van der Waals surface area contributed by atoms with Crippen LogP contribution in [0.5, 0.6) is 0 Å². The first-order valence-electron chi connectivity index (χ1n) is 8.80. The second-order valence-electron chi connectivity index (χ2n) is 6.55. The molecule has 142 valence electrons. The molecule has 2 rings (SSSR count). The van der Waals surface area contributed by atoms with Gasteiger partial charge in [-0.3, -0.25) is 4.79 Å². The Morgan fingerprint density at radius 3 is 2.48 bits per heavy atom. The number of amides is 1. The quantitative estimate of drug-likeness (QED) is 0.412. The largest absolute Gasteiger partial charge is 0.357 e. The molecule has 1 N–H and O–H groups in total. The van der Waals surface area contributed by atoms with E-state index in [-0.39, 0.29) is 29.9 Å². The summed E-state index contributed by atoms with van der Waals surface area (Å²) in [6.07, 6.45) is 3.86. The van der Waals surface area contributed by atoms with Crippen LogP contribution in [0.15, 0.2) is 17.4 Å². The van der Waals surface area contributed by atoms with Gasteiger partial charge in [0.05, 0.1) is 0 Å². The number of imidazole rings is 1. The molecule has 2 heterocycles. The Morgan fingerprint density at radius 1 is 1.28 bits per heavy atom. The van der Waals surface area contributed by atoms with Gasteiger partial charge in [-0.2, -0.15) is 0 Å². The number of halogens is 1. The lowest BCUT2D eigenvalue weighted by atomic mass is 10.2. The summed E-state index contributed by atoms with van der Waals surface area (Å²) in [5.41, 5.74) is 0. The highest BCUT2D eigenvalue weighted by Crippen LogP contribution is 2.07. The number of nitrogens with one attached hydrogen (secondary N) is 1. The van der Waals surface area contributed by atoms with E-state index >= 15 is 0 Å². The molecule has 0 aliphatic carbocycles. The molecule has 0 bridgehead atoms. The first kappa shape index (κ1) is 21.7. The normalized spacial score (nSPS) is 15.3. The topological polar surface area (TPSA) is 65.8 Å².